The first-order chi connectivity index (χ1) is 11.2. The van der Waals surface area contributed by atoms with E-state index in [4.69, 9.17) is 4.74 Å². The topological polar surface area (TPSA) is 26.3 Å². The number of carbonyl (C=O) groups excluding carboxylic acids is 1. The Kier molecular flexibility index (Phi) is 6.40. The summed E-state index contributed by atoms with van der Waals surface area (Å²) in [4.78, 5) is 12.3. The maximum absolute atomic E-state index is 12.3. The average molecular weight is 310 g/mol. The summed E-state index contributed by atoms with van der Waals surface area (Å²) in [5.74, 6) is 0.144. The summed E-state index contributed by atoms with van der Waals surface area (Å²) in [5.41, 5.74) is 4.47. The highest BCUT2D eigenvalue weighted by Gasteiger charge is 2.19. The second-order valence-electron chi connectivity index (χ2n) is 5.89. The van der Waals surface area contributed by atoms with Gasteiger partial charge < -0.3 is 4.74 Å². The van der Waals surface area contributed by atoms with Crippen molar-refractivity contribution < 1.29 is 9.53 Å². The van der Waals surface area contributed by atoms with Gasteiger partial charge in [0, 0.05) is 0 Å². The fourth-order valence-corrected chi connectivity index (χ4v) is 2.93. The van der Waals surface area contributed by atoms with Crippen LogP contribution in [0.25, 0.3) is 0 Å². The van der Waals surface area contributed by atoms with Gasteiger partial charge in [-0.2, -0.15) is 0 Å². The molecule has 0 amide bonds. The van der Waals surface area contributed by atoms with Crippen molar-refractivity contribution in [3.63, 3.8) is 0 Å². The Morgan fingerprint density at radius 3 is 2.39 bits per heavy atom. The summed E-state index contributed by atoms with van der Waals surface area (Å²) in [7, 11) is 0. The molecule has 1 atom stereocenters. The van der Waals surface area contributed by atoms with Crippen LogP contribution in [0.1, 0.15) is 60.2 Å². The van der Waals surface area contributed by atoms with Crippen LogP contribution in [0.4, 0.5) is 0 Å². The van der Waals surface area contributed by atoms with Crippen LogP contribution in [-0.2, 0) is 17.6 Å². The third-order valence-corrected chi connectivity index (χ3v) is 4.32. The first kappa shape index (κ1) is 17.3. The number of benzene rings is 2. The second kappa shape index (κ2) is 8.52. The molecule has 0 aliphatic heterocycles. The van der Waals surface area contributed by atoms with Crippen molar-refractivity contribution in [3.8, 4) is 0 Å². The van der Waals surface area contributed by atoms with E-state index in [2.05, 4.69) is 44.2 Å². The van der Waals surface area contributed by atoms with Crippen molar-refractivity contribution in [3.05, 3.63) is 70.8 Å². The van der Waals surface area contributed by atoms with Crippen molar-refractivity contribution in [2.45, 2.75) is 46.0 Å². The van der Waals surface area contributed by atoms with E-state index in [0.717, 1.165) is 30.4 Å². The van der Waals surface area contributed by atoms with Crippen LogP contribution in [-0.4, -0.2) is 12.6 Å². The molecule has 0 fully saturated rings. The Hall–Kier alpha value is -2.09. The molecule has 0 aliphatic rings. The highest BCUT2D eigenvalue weighted by atomic mass is 16.5. The van der Waals surface area contributed by atoms with Crippen LogP contribution in [0.15, 0.2) is 48.5 Å². The molecule has 2 heteroatoms. The monoisotopic (exact) mass is 310 g/mol. The summed E-state index contributed by atoms with van der Waals surface area (Å²) in [5, 5.41) is 0. The Balaban J connectivity index is 2.30. The fourth-order valence-electron chi connectivity index (χ4n) is 2.93. The van der Waals surface area contributed by atoms with E-state index in [1.165, 1.54) is 11.1 Å². The van der Waals surface area contributed by atoms with Gasteiger partial charge in [-0.05, 0) is 54.9 Å². The Bertz CT molecular complexity index is 632. The van der Waals surface area contributed by atoms with E-state index < -0.39 is 0 Å². The SMILES string of the molecule is CCOC(=O)c1cccc(CCc2ccccc2)c1C(C)CC. The standard InChI is InChI=1S/C21H26O2/c1-4-16(3)20-18(15-14-17-10-7-6-8-11-17)12-9-13-19(20)21(22)23-5-2/h6-13,16H,4-5,14-15H2,1-3H3. The molecule has 0 saturated heterocycles. The largest absolute Gasteiger partial charge is 0.462 e. The van der Waals surface area contributed by atoms with E-state index in [-0.39, 0.29) is 5.97 Å². The van der Waals surface area contributed by atoms with Gasteiger partial charge in [0.2, 0.25) is 0 Å². The molecular weight excluding hydrogens is 284 g/mol. The molecule has 0 radical (unpaired) electrons. The third-order valence-electron chi connectivity index (χ3n) is 4.32. The molecule has 2 nitrogen and oxygen atoms in total. The number of esters is 1. The predicted molar refractivity (Wildman–Crippen MR) is 95.0 cm³/mol. The average Bonchev–Trinajstić information content (AvgIpc) is 2.60. The van der Waals surface area contributed by atoms with Gasteiger partial charge in [0.05, 0.1) is 12.2 Å². The van der Waals surface area contributed by atoms with Crippen LogP contribution < -0.4 is 0 Å². The molecule has 2 aromatic carbocycles. The summed E-state index contributed by atoms with van der Waals surface area (Å²) >= 11 is 0. The molecule has 0 aromatic heterocycles. The van der Waals surface area contributed by atoms with Gasteiger partial charge >= 0.3 is 5.97 Å². The van der Waals surface area contributed by atoms with Crippen molar-refractivity contribution >= 4 is 5.97 Å². The molecule has 0 aliphatic carbocycles. The van der Waals surface area contributed by atoms with E-state index >= 15 is 0 Å². The lowest BCUT2D eigenvalue weighted by atomic mass is 9.87. The number of ether oxygens (including phenoxy) is 1. The minimum atomic E-state index is -0.204. The third kappa shape index (κ3) is 4.44. The number of hydrogen-bond acceptors (Lipinski definition) is 2. The molecule has 2 rings (SSSR count). The lowest BCUT2D eigenvalue weighted by molar-refractivity contribution is 0.0524. The highest BCUT2D eigenvalue weighted by Crippen LogP contribution is 2.28. The molecule has 0 N–H and O–H groups in total. The van der Waals surface area contributed by atoms with E-state index in [0.29, 0.717) is 12.5 Å². The maximum Gasteiger partial charge on any atom is 0.338 e. The number of hydrogen-bond donors (Lipinski definition) is 0. The minimum absolute atomic E-state index is 0.204. The van der Waals surface area contributed by atoms with Gasteiger partial charge in [0.15, 0.2) is 0 Å². The summed E-state index contributed by atoms with van der Waals surface area (Å²) < 4.78 is 5.24. The lowest BCUT2D eigenvalue weighted by Crippen LogP contribution is -2.12. The molecule has 23 heavy (non-hydrogen) atoms. The number of carbonyl (C=O) groups is 1. The van der Waals surface area contributed by atoms with E-state index in [9.17, 15) is 4.79 Å². The summed E-state index contributed by atoms with van der Waals surface area (Å²) in [6.45, 7) is 6.60. The van der Waals surface area contributed by atoms with Gasteiger partial charge in [-0.3, -0.25) is 0 Å². The molecule has 122 valence electrons. The van der Waals surface area contributed by atoms with Gasteiger partial charge in [-0.1, -0.05) is 56.3 Å². The number of rotatable bonds is 7. The van der Waals surface area contributed by atoms with Gasteiger partial charge in [0.1, 0.15) is 0 Å². The lowest BCUT2D eigenvalue weighted by Gasteiger charge is -2.19. The Morgan fingerprint density at radius 1 is 1.00 bits per heavy atom. The van der Waals surface area contributed by atoms with Crippen LogP contribution in [0.5, 0.6) is 0 Å². The molecule has 0 saturated carbocycles. The molecule has 0 spiro atoms. The Labute approximate surface area is 139 Å². The van der Waals surface area contributed by atoms with Crippen molar-refractivity contribution in [1.29, 1.82) is 0 Å². The molecule has 0 heterocycles. The van der Waals surface area contributed by atoms with Gasteiger partial charge in [0.25, 0.3) is 0 Å². The fraction of sp³-hybridized carbons (Fsp3) is 0.381. The van der Waals surface area contributed by atoms with Crippen molar-refractivity contribution in [2.75, 3.05) is 6.61 Å². The smallest absolute Gasteiger partial charge is 0.338 e. The zero-order chi connectivity index (χ0) is 16.7. The first-order valence-electron chi connectivity index (χ1n) is 8.50. The Morgan fingerprint density at radius 2 is 1.74 bits per heavy atom. The number of aryl methyl sites for hydroxylation is 2. The first-order valence-corrected chi connectivity index (χ1v) is 8.50. The van der Waals surface area contributed by atoms with E-state index in [1.54, 1.807) is 0 Å². The quantitative estimate of drug-likeness (QED) is 0.660. The normalized spacial score (nSPS) is 12.0. The maximum atomic E-state index is 12.3. The summed E-state index contributed by atoms with van der Waals surface area (Å²) in [6, 6.07) is 16.5. The van der Waals surface area contributed by atoms with Crippen LogP contribution >= 0.6 is 0 Å². The summed E-state index contributed by atoms with van der Waals surface area (Å²) in [6.07, 6.45) is 2.93. The molecule has 2 aromatic rings. The molecular formula is C21H26O2. The zero-order valence-electron chi connectivity index (χ0n) is 14.3. The van der Waals surface area contributed by atoms with Gasteiger partial charge in [-0.25, -0.2) is 4.79 Å². The van der Waals surface area contributed by atoms with Crippen LogP contribution in [0.3, 0.4) is 0 Å². The zero-order valence-corrected chi connectivity index (χ0v) is 14.3. The van der Waals surface area contributed by atoms with E-state index in [1.807, 2.05) is 25.1 Å². The molecule has 1 unspecified atom stereocenters. The highest BCUT2D eigenvalue weighted by molar-refractivity contribution is 5.91. The second-order valence-corrected chi connectivity index (χ2v) is 5.89. The van der Waals surface area contributed by atoms with Gasteiger partial charge in [-0.15, -0.1) is 0 Å². The van der Waals surface area contributed by atoms with Crippen molar-refractivity contribution in [1.82, 2.24) is 0 Å². The minimum Gasteiger partial charge on any atom is -0.462 e. The molecule has 0 bridgehead atoms. The van der Waals surface area contributed by atoms with Crippen LogP contribution in [0.2, 0.25) is 0 Å². The predicted octanol–water partition coefficient (Wildman–Crippen LogP) is 5.16. The van der Waals surface area contributed by atoms with Crippen LogP contribution in [0, 0.1) is 0 Å². The van der Waals surface area contributed by atoms with Crippen molar-refractivity contribution in [2.24, 2.45) is 0 Å².